The van der Waals surface area contributed by atoms with Crippen molar-refractivity contribution in [3.63, 3.8) is 0 Å². The second-order valence-electron chi connectivity index (χ2n) is 4.36. The predicted octanol–water partition coefficient (Wildman–Crippen LogP) is 3.45. The molecule has 0 spiro atoms. The number of aromatic amines is 1. The number of nitrogens with zero attached hydrogens (tertiary/aromatic N) is 1. The summed E-state index contributed by atoms with van der Waals surface area (Å²) in [7, 11) is 0. The Bertz CT molecular complexity index is 628. The van der Waals surface area contributed by atoms with E-state index in [1.807, 2.05) is 12.3 Å². The molecule has 0 aliphatic heterocycles. The number of aryl methyl sites for hydroxylation is 1. The van der Waals surface area contributed by atoms with Gasteiger partial charge in [0.15, 0.2) is 0 Å². The molecule has 1 saturated carbocycles. The molecule has 17 heavy (non-hydrogen) atoms. The standard InChI is InChI=1S/C12H11BrN2OS/c1-6-4-17-5-8(6)11-14-10(7-2-3-7)9(13)12(16)15-11/h4-5,7H,2-3H2,1H3,(H,14,15,16). The molecule has 0 radical (unpaired) electrons. The molecule has 1 fully saturated rings. The summed E-state index contributed by atoms with van der Waals surface area (Å²) in [6.45, 7) is 2.03. The average Bonchev–Trinajstić information content (AvgIpc) is 3.05. The molecule has 1 aliphatic rings. The number of rotatable bonds is 2. The molecule has 0 unspecified atom stereocenters. The van der Waals surface area contributed by atoms with Crippen LogP contribution in [0, 0.1) is 6.92 Å². The normalized spacial score (nSPS) is 15.2. The van der Waals surface area contributed by atoms with Crippen molar-refractivity contribution in [2.75, 3.05) is 0 Å². The number of aromatic nitrogens is 2. The topological polar surface area (TPSA) is 45.8 Å². The van der Waals surface area contributed by atoms with Crippen molar-refractivity contribution >= 4 is 27.3 Å². The van der Waals surface area contributed by atoms with Gasteiger partial charge >= 0.3 is 0 Å². The third kappa shape index (κ3) is 1.98. The Morgan fingerprint density at radius 3 is 2.82 bits per heavy atom. The van der Waals surface area contributed by atoms with E-state index in [2.05, 4.69) is 31.3 Å². The maximum absolute atomic E-state index is 11.9. The average molecular weight is 311 g/mol. The third-order valence-electron chi connectivity index (χ3n) is 2.96. The lowest BCUT2D eigenvalue weighted by Crippen LogP contribution is -2.13. The highest BCUT2D eigenvalue weighted by atomic mass is 79.9. The smallest absolute Gasteiger partial charge is 0.265 e. The summed E-state index contributed by atoms with van der Waals surface area (Å²) >= 11 is 4.96. The largest absolute Gasteiger partial charge is 0.306 e. The summed E-state index contributed by atoms with van der Waals surface area (Å²) in [4.78, 5) is 19.3. The number of hydrogen-bond acceptors (Lipinski definition) is 3. The lowest BCUT2D eigenvalue weighted by Gasteiger charge is -2.05. The number of H-pyrrole nitrogens is 1. The van der Waals surface area contributed by atoms with Crippen molar-refractivity contribution in [1.82, 2.24) is 9.97 Å². The first kappa shape index (κ1) is 11.2. The monoisotopic (exact) mass is 310 g/mol. The predicted molar refractivity (Wildman–Crippen MR) is 72.6 cm³/mol. The minimum Gasteiger partial charge on any atom is -0.306 e. The van der Waals surface area contributed by atoms with E-state index in [0.717, 1.165) is 29.7 Å². The van der Waals surface area contributed by atoms with E-state index < -0.39 is 0 Å². The Labute approximate surface area is 111 Å². The summed E-state index contributed by atoms with van der Waals surface area (Å²) in [6.07, 6.45) is 2.27. The fourth-order valence-electron chi connectivity index (χ4n) is 1.83. The van der Waals surface area contributed by atoms with Crippen LogP contribution in [0.4, 0.5) is 0 Å². The molecule has 3 nitrogen and oxygen atoms in total. The van der Waals surface area contributed by atoms with Gasteiger partial charge in [-0.2, -0.15) is 11.3 Å². The fourth-order valence-corrected chi connectivity index (χ4v) is 3.18. The van der Waals surface area contributed by atoms with Crippen molar-refractivity contribution in [2.24, 2.45) is 0 Å². The molecule has 0 saturated heterocycles. The second kappa shape index (κ2) is 4.07. The summed E-state index contributed by atoms with van der Waals surface area (Å²) < 4.78 is 0.594. The van der Waals surface area contributed by atoms with E-state index in [1.165, 1.54) is 0 Å². The summed E-state index contributed by atoms with van der Waals surface area (Å²) in [5, 5.41) is 4.09. The highest BCUT2D eigenvalue weighted by Gasteiger charge is 2.29. The van der Waals surface area contributed by atoms with Gasteiger partial charge in [0.2, 0.25) is 0 Å². The molecule has 2 heterocycles. The van der Waals surface area contributed by atoms with Gasteiger partial charge in [0.25, 0.3) is 5.56 Å². The minimum atomic E-state index is -0.0810. The summed E-state index contributed by atoms with van der Waals surface area (Å²) in [5.41, 5.74) is 3.01. The van der Waals surface area contributed by atoms with Crippen LogP contribution in [-0.2, 0) is 0 Å². The zero-order valence-corrected chi connectivity index (χ0v) is 11.7. The maximum atomic E-state index is 11.9. The molecule has 0 bridgehead atoms. The number of hydrogen-bond donors (Lipinski definition) is 1. The van der Waals surface area contributed by atoms with Gasteiger partial charge in [0, 0.05) is 16.9 Å². The Kier molecular flexibility index (Phi) is 2.67. The van der Waals surface area contributed by atoms with Crippen LogP contribution in [0.15, 0.2) is 20.0 Å². The molecular weight excluding hydrogens is 300 g/mol. The zero-order chi connectivity index (χ0) is 12.0. The molecule has 1 N–H and O–H groups in total. The van der Waals surface area contributed by atoms with Crippen molar-refractivity contribution in [2.45, 2.75) is 25.7 Å². The van der Waals surface area contributed by atoms with Crippen molar-refractivity contribution in [3.8, 4) is 11.4 Å². The van der Waals surface area contributed by atoms with Gasteiger partial charge in [-0.1, -0.05) is 0 Å². The van der Waals surface area contributed by atoms with Crippen LogP contribution in [0.25, 0.3) is 11.4 Å². The van der Waals surface area contributed by atoms with Gasteiger partial charge in [0.05, 0.1) is 5.69 Å². The van der Waals surface area contributed by atoms with Gasteiger partial charge in [-0.05, 0) is 46.6 Å². The van der Waals surface area contributed by atoms with Crippen LogP contribution in [-0.4, -0.2) is 9.97 Å². The first-order valence-electron chi connectivity index (χ1n) is 5.49. The molecule has 1 aliphatic carbocycles. The summed E-state index contributed by atoms with van der Waals surface area (Å²) in [5.74, 6) is 1.16. The molecule has 2 aromatic heterocycles. The quantitative estimate of drug-likeness (QED) is 0.923. The van der Waals surface area contributed by atoms with Crippen LogP contribution in [0.2, 0.25) is 0 Å². The van der Waals surface area contributed by atoms with E-state index in [0.29, 0.717) is 16.2 Å². The van der Waals surface area contributed by atoms with Crippen molar-refractivity contribution in [3.05, 3.63) is 36.8 Å². The maximum Gasteiger partial charge on any atom is 0.265 e. The van der Waals surface area contributed by atoms with Gasteiger partial charge in [-0.25, -0.2) is 4.98 Å². The molecule has 0 aromatic carbocycles. The van der Waals surface area contributed by atoms with Gasteiger partial charge in [-0.3, -0.25) is 4.79 Å². The fraction of sp³-hybridized carbons (Fsp3) is 0.333. The second-order valence-corrected chi connectivity index (χ2v) is 5.89. The van der Waals surface area contributed by atoms with Crippen LogP contribution in [0.5, 0.6) is 0 Å². The SMILES string of the molecule is Cc1cscc1-c1nc(C2CC2)c(Br)c(=O)[nH]1. The van der Waals surface area contributed by atoms with Crippen LogP contribution in [0.1, 0.15) is 30.0 Å². The molecule has 88 valence electrons. The lowest BCUT2D eigenvalue weighted by atomic mass is 10.2. The van der Waals surface area contributed by atoms with Gasteiger partial charge in [0.1, 0.15) is 10.3 Å². The molecular formula is C12H11BrN2OS. The Balaban J connectivity index is 2.18. The minimum absolute atomic E-state index is 0.0810. The van der Waals surface area contributed by atoms with E-state index in [1.54, 1.807) is 11.3 Å². The molecule has 0 amide bonds. The van der Waals surface area contributed by atoms with E-state index >= 15 is 0 Å². The molecule has 0 atom stereocenters. The molecule has 5 heteroatoms. The Hall–Kier alpha value is -0.940. The van der Waals surface area contributed by atoms with Crippen LogP contribution < -0.4 is 5.56 Å². The first-order chi connectivity index (χ1) is 8.16. The first-order valence-corrected chi connectivity index (χ1v) is 7.23. The molecule has 2 aromatic rings. The highest BCUT2D eigenvalue weighted by molar-refractivity contribution is 9.10. The Morgan fingerprint density at radius 2 is 2.24 bits per heavy atom. The van der Waals surface area contributed by atoms with E-state index in [4.69, 9.17) is 0 Å². The van der Waals surface area contributed by atoms with Crippen LogP contribution >= 0.6 is 27.3 Å². The van der Waals surface area contributed by atoms with E-state index in [9.17, 15) is 4.79 Å². The third-order valence-corrected chi connectivity index (χ3v) is 4.59. The van der Waals surface area contributed by atoms with E-state index in [-0.39, 0.29) is 5.56 Å². The summed E-state index contributed by atoms with van der Waals surface area (Å²) in [6, 6.07) is 0. The lowest BCUT2D eigenvalue weighted by molar-refractivity contribution is 0.959. The molecule has 3 rings (SSSR count). The number of halogens is 1. The van der Waals surface area contributed by atoms with Gasteiger partial charge in [-0.15, -0.1) is 0 Å². The van der Waals surface area contributed by atoms with Gasteiger partial charge < -0.3 is 4.98 Å². The number of thiophene rings is 1. The van der Waals surface area contributed by atoms with Crippen molar-refractivity contribution in [1.29, 1.82) is 0 Å². The number of nitrogens with one attached hydrogen (secondary N) is 1. The van der Waals surface area contributed by atoms with Crippen LogP contribution in [0.3, 0.4) is 0 Å². The zero-order valence-electron chi connectivity index (χ0n) is 9.29. The highest BCUT2D eigenvalue weighted by Crippen LogP contribution is 2.41. The Morgan fingerprint density at radius 1 is 1.47 bits per heavy atom. The van der Waals surface area contributed by atoms with Crippen molar-refractivity contribution < 1.29 is 0 Å².